The Balaban J connectivity index is 1.55. The smallest absolute Gasteiger partial charge is 0.255 e. The highest BCUT2D eigenvalue weighted by atomic mass is 16.5. The molecule has 1 heterocycles. The molecule has 8 heteroatoms. The molecule has 2 aromatic rings. The number of amides is 3. The summed E-state index contributed by atoms with van der Waals surface area (Å²) >= 11 is 0. The minimum absolute atomic E-state index is 0.0617. The van der Waals surface area contributed by atoms with E-state index >= 15 is 0 Å². The first kappa shape index (κ1) is 22.3. The van der Waals surface area contributed by atoms with Crippen molar-refractivity contribution < 1.29 is 19.1 Å². The molecular weight excluding hydrogens is 396 g/mol. The van der Waals surface area contributed by atoms with Crippen molar-refractivity contribution >= 4 is 29.1 Å². The minimum Gasteiger partial charge on any atom is -0.495 e. The largest absolute Gasteiger partial charge is 0.495 e. The number of piperazine rings is 1. The maximum Gasteiger partial charge on any atom is 0.255 e. The van der Waals surface area contributed by atoms with Gasteiger partial charge in [-0.3, -0.25) is 19.3 Å². The molecule has 1 aliphatic heterocycles. The van der Waals surface area contributed by atoms with Crippen molar-refractivity contribution in [1.29, 1.82) is 0 Å². The van der Waals surface area contributed by atoms with Crippen LogP contribution in [0.4, 0.5) is 11.4 Å². The maximum absolute atomic E-state index is 12.6. The third kappa shape index (κ3) is 5.61. The van der Waals surface area contributed by atoms with Gasteiger partial charge in [-0.05, 0) is 43.3 Å². The molecule has 8 nitrogen and oxygen atoms in total. The molecule has 1 saturated heterocycles. The molecule has 0 saturated carbocycles. The van der Waals surface area contributed by atoms with Gasteiger partial charge < -0.3 is 20.3 Å². The topological polar surface area (TPSA) is 91.0 Å². The summed E-state index contributed by atoms with van der Waals surface area (Å²) < 4.78 is 5.25. The van der Waals surface area contributed by atoms with Crippen molar-refractivity contribution in [2.45, 2.75) is 19.9 Å². The first-order valence-electron chi connectivity index (χ1n) is 10.2. The number of hydrogen-bond donors (Lipinski definition) is 2. The number of nitrogens with zero attached hydrogens (tertiary/aromatic N) is 2. The van der Waals surface area contributed by atoms with E-state index in [0.717, 1.165) is 0 Å². The number of ether oxygens (including phenoxy) is 1. The lowest BCUT2D eigenvalue weighted by Gasteiger charge is -2.37. The zero-order chi connectivity index (χ0) is 22.4. The number of methoxy groups -OCH3 is 1. The maximum atomic E-state index is 12.6. The minimum atomic E-state index is -0.317. The van der Waals surface area contributed by atoms with Crippen LogP contribution < -0.4 is 15.4 Å². The van der Waals surface area contributed by atoms with Crippen molar-refractivity contribution in [2.24, 2.45) is 0 Å². The lowest BCUT2D eigenvalue weighted by molar-refractivity contribution is -0.131. The average molecular weight is 425 g/mol. The Kier molecular flexibility index (Phi) is 7.25. The molecule has 164 valence electrons. The average Bonchev–Trinajstić information content (AvgIpc) is 2.79. The molecular formula is C23H28N4O4. The number of anilines is 2. The lowest BCUT2D eigenvalue weighted by atomic mass is 10.1. The zero-order valence-electron chi connectivity index (χ0n) is 18.1. The van der Waals surface area contributed by atoms with Crippen LogP contribution in [0.2, 0.25) is 0 Å². The number of nitrogens with one attached hydrogen (secondary N) is 2. The van der Waals surface area contributed by atoms with Gasteiger partial charge >= 0.3 is 0 Å². The van der Waals surface area contributed by atoms with Crippen molar-refractivity contribution in [3.05, 3.63) is 54.1 Å². The summed E-state index contributed by atoms with van der Waals surface area (Å²) in [7, 11) is 1.55. The van der Waals surface area contributed by atoms with Gasteiger partial charge in [0.25, 0.3) is 5.91 Å². The van der Waals surface area contributed by atoms with E-state index in [1.165, 1.54) is 0 Å². The van der Waals surface area contributed by atoms with E-state index in [0.29, 0.717) is 48.9 Å². The number of carbonyl (C=O) groups excluding carboxylic acids is 3. The highest BCUT2D eigenvalue weighted by molar-refractivity contribution is 6.05. The third-order valence-electron chi connectivity index (χ3n) is 5.46. The molecule has 31 heavy (non-hydrogen) atoms. The first-order valence-corrected chi connectivity index (χ1v) is 10.2. The molecule has 0 unspecified atom stereocenters. The van der Waals surface area contributed by atoms with Crippen LogP contribution in [0.3, 0.4) is 0 Å². The number of hydrogen-bond acceptors (Lipinski definition) is 5. The number of benzene rings is 2. The zero-order valence-corrected chi connectivity index (χ0v) is 18.1. The molecule has 0 radical (unpaired) electrons. The highest BCUT2D eigenvalue weighted by Gasteiger charge is 2.26. The number of rotatable bonds is 6. The highest BCUT2D eigenvalue weighted by Crippen LogP contribution is 2.24. The number of para-hydroxylation sites is 2. The Labute approximate surface area is 182 Å². The van der Waals surface area contributed by atoms with Gasteiger partial charge in [-0.2, -0.15) is 0 Å². The predicted molar refractivity (Wildman–Crippen MR) is 119 cm³/mol. The van der Waals surface area contributed by atoms with E-state index in [-0.39, 0.29) is 23.8 Å². The van der Waals surface area contributed by atoms with Gasteiger partial charge in [0.15, 0.2) is 0 Å². The van der Waals surface area contributed by atoms with Gasteiger partial charge in [0.1, 0.15) is 5.75 Å². The van der Waals surface area contributed by atoms with Gasteiger partial charge in [-0.1, -0.05) is 12.1 Å². The fourth-order valence-corrected chi connectivity index (χ4v) is 3.48. The fourth-order valence-electron chi connectivity index (χ4n) is 3.48. The quantitative estimate of drug-likeness (QED) is 0.743. The van der Waals surface area contributed by atoms with Gasteiger partial charge in [-0.15, -0.1) is 0 Å². The summed E-state index contributed by atoms with van der Waals surface area (Å²) in [4.78, 5) is 40.4. The summed E-state index contributed by atoms with van der Waals surface area (Å²) in [5.41, 5.74) is 1.68. The number of carbonyl (C=O) groups is 3. The van der Waals surface area contributed by atoms with Gasteiger partial charge in [0.05, 0.1) is 18.8 Å². The van der Waals surface area contributed by atoms with Gasteiger partial charge in [0, 0.05) is 44.4 Å². The molecule has 1 fully saturated rings. The van der Waals surface area contributed by atoms with Crippen LogP contribution in [0.25, 0.3) is 0 Å². The van der Waals surface area contributed by atoms with Crippen LogP contribution in [0.1, 0.15) is 24.2 Å². The summed E-state index contributed by atoms with van der Waals surface area (Å²) in [5.74, 6) is 0.256. The van der Waals surface area contributed by atoms with Crippen molar-refractivity contribution in [3.63, 3.8) is 0 Å². The molecule has 3 rings (SSSR count). The monoisotopic (exact) mass is 424 g/mol. The van der Waals surface area contributed by atoms with E-state index in [2.05, 4.69) is 15.5 Å². The Bertz CT molecular complexity index is 937. The first-order chi connectivity index (χ1) is 14.9. The normalized spacial score (nSPS) is 15.1. The second-order valence-electron chi connectivity index (χ2n) is 7.44. The molecule has 0 aromatic heterocycles. The SMILES string of the molecule is COc1ccccc1NC(=O)c1ccc(NC(=O)[C@@H](C)N2CCN(C(C)=O)CC2)cc1. The Morgan fingerprint density at radius 3 is 2.19 bits per heavy atom. The standard InChI is InChI=1S/C23H28N4O4/c1-16(26-12-14-27(15-13-26)17(2)28)22(29)24-19-10-8-18(9-11-19)23(30)25-20-6-4-5-7-21(20)31-3/h4-11,16H,12-15H2,1-3H3,(H,24,29)(H,25,30)/t16-/m1/s1. The van der Waals surface area contributed by atoms with Crippen LogP contribution in [-0.4, -0.2) is 66.9 Å². The van der Waals surface area contributed by atoms with Crippen LogP contribution in [-0.2, 0) is 9.59 Å². The Morgan fingerprint density at radius 1 is 0.935 bits per heavy atom. The molecule has 1 aliphatic rings. The van der Waals surface area contributed by atoms with Crippen LogP contribution in [0, 0.1) is 0 Å². The van der Waals surface area contributed by atoms with Crippen LogP contribution in [0.5, 0.6) is 5.75 Å². The fraction of sp³-hybridized carbons (Fsp3) is 0.348. The summed E-state index contributed by atoms with van der Waals surface area (Å²) in [6, 6.07) is 13.6. The molecule has 0 aliphatic carbocycles. The van der Waals surface area contributed by atoms with Crippen molar-refractivity contribution in [3.8, 4) is 5.75 Å². The summed E-state index contributed by atoms with van der Waals surface area (Å²) in [6.07, 6.45) is 0. The van der Waals surface area contributed by atoms with Gasteiger partial charge in [0.2, 0.25) is 11.8 Å². The molecule has 3 amide bonds. The third-order valence-corrected chi connectivity index (χ3v) is 5.46. The molecule has 2 N–H and O–H groups in total. The van der Waals surface area contributed by atoms with E-state index in [4.69, 9.17) is 4.74 Å². The predicted octanol–water partition coefficient (Wildman–Crippen LogP) is 2.44. The Hall–Kier alpha value is -3.39. The lowest BCUT2D eigenvalue weighted by Crippen LogP contribution is -2.53. The van der Waals surface area contributed by atoms with E-state index in [1.807, 2.05) is 19.1 Å². The molecule has 1 atom stereocenters. The van der Waals surface area contributed by atoms with E-state index < -0.39 is 0 Å². The second kappa shape index (κ2) is 10.1. The van der Waals surface area contributed by atoms with E-state index in [1.54, 1.807) is 55.3 Å². The van der Waals surface area contributed by atoms with Gasteiger partial charge in [-0.25, -0.2) is 0 Å². The molecule has 2 aromatic carbocycles. The molecule has 0 spiro atoms. The second-order valence-corrected chi connectivity index (χ2v) is 7.44. The molecule has 0 bridgehead atoms. The van der Waals surface area contributed by atoms with Crippen molar-refractivity contribution in [2.75, 3.05) is 43.9 Å². The summed E-state index contributed by atoms with van der Waals surface area (Å²) in [6.45, 7) is 6.00. The Morgan fingerprint density at radius 2 is 1.58 bits per heavy atom. The summed E-state index contributed by atoms with van der Waals surface area (Å²) in [5, 5.41) is 5.72. The van der Waals surface area contributed by atoms with Crippen LogP contribution >= 0.6 is 0 Å². The van der Waals surface area contributed by atoms with Crippen molar-refractivity contribution in [1.82, 2.24) is 9.80 Å². The van der Waals surface area contributed by atoms with Crippen LogP contribution in [0.15, 0.2) is 48.5 Å². The van der Waals surface area contributed by atoms with E-state index in [9.17, 15) is 14.4 Å².